The lowest BCUT2D eigenvalue weighted by molar-refractivity contribution is 0.315. The summed E-state index contributed by atoms with van der Waals surface area (Å²) >= 11 is 5.74. The van der Waals surface area contributed by atoms with Crippen molar-refractivity contribution in [2.24, 2.45) is 0 Å². The van der Waals surface area contributed by atoms with E-state index in [1.165, 1.54) is 37.4 Å². The quantitative estimate of drug-likeness (QED) is 0.307. The van der Waals surface area contributed by atoms with Crippen molar-refractivity contribution in [1.29, 1.82) is 0 Å². The lowest BCUT2D eigenvalue weighted by atomic mass is 10.4. The summed E-state index contributed by atoms with van der Waals surface area (Å²) in [7, 11) is -1.39. The Morgan fingerprint density at radius 3 is 1.93 bits per heavy atom. The highest BCUT2D eigenvalue weighted by molar-refractivity contribution is 6.73. The Morgan fingerprint density at radius 2 is 1.53 bits per heavy atom. The molecule has 0 aromatic heterocycles. The van der Waals surface area contributed by atoms with Crippen LogP contribution >= 0.6 is 11.6 Å². The van der Waals surface area contributed by atoms with E-state index in [-0.39, 0.29) is 0 Å². The molecule has 15 heavy (non-hydrogen) atoms. The monoisotopic (exact) mass is 250 g/mol. The third-order valence-electron chi connectivity index (χ3n) is 2.88. The molecule has 0 spiro atoms. The van der Waals surface area contributed by atoms with Crippen LogP contribution in [0.2, 0.25) is 18.1 Å². The molecule has 0 amide bonds. The number of halogens is 1. The first-order valence-corrected chi connectivity index (χ1v) is 9.51. The van der Waals surface area contributed by atoms with Gasteiger partial charge in [-0.3, -0.25) is 0 Å². The van der Waals surface area contributed by atoms with Gasteiger partial charge in [0.05, 0.1) is 0 Å². The van der Waals surface area contributed by atoms with E-state index in [0.29, 0.717) is 0 Å². The largest absolute Gasteiger partial charge is 0.417 e. The lowest BCUT2D eigenvalue weighted by Crippen LogP contribution is -2.37. The molecular weight excluding hydrogens is 224 g/mol. The van der Waals surface area contributed by atoms with Gasteiger partial charge in [0.15, 0.2) is 8.32 Å². The Hall–Kier alpha value is 0.467. The molecule has 0 aromatic carbocycles. The van der Waals surface area contributed by atoms with Gasteiger partial charge >= 0.3 is 0 Å². The molecule has 0 heterocycles. The molecule has 0 aromatic rings. The molecule has 0 rings (SSSR count). The van der Waals surface area contributed by atoms with Crippen LogP contribution in [0, 0.1) is 0 Å². The third kappa shape index (κ3) is 6.59. The summed E-state index contributed by atoms with van der Waals surface area (Å²) in [6.07, 6.45) is 4.95. The molecule has 0 N–H and O–H groups in total. The van der Waals surface area contributed by atoms with Crippen molar-refractivity contribution >= 4 is 19.9 Å². The van der Waals surface area contributed by atoms with Crippen LogP contribution in [0.5, 0.6) is 0 Å². The number of unbranched alkanes of at least 4 members (excludes halogenated alkanes) is 1. The van der Waals surface area contributed by atoms with Gasteiger partial charge in [0.25, 0.3) is 0 Å². The van der Waals surface area contributed by atoms with Gasteiger partial charge in [-0.1, -0.05) is 33.1 Å². The van der Waals surface area contributed by atoms with E-state index in [2.05, 4.69) is 20.8 Å². The highest BCUT2D eigenvalue weighted by atomic mass is 35.5. The SMILES string of the molecule is CCC[Si](CCC)(CCCCCl)OCC. The van der Waals surface area contributed by atoms with Crippen molar-refractivity contribution in [1.82, 2.24) is 0 Å². The van der Waals surface area contributed by atoms with Crippen molar-refractivity contribution in [2.75, 3.05) is 12.5 Å². The minimum atomic E-state index is -1.39. The molecule has 0 fully saturated rings. The van der Waals surface area contributed by atoms with E-state index in [1.54, 1.807) is 0 Å². The average Bonchev–Trinajstić information content (AvgIpc) is 2.19. The van der Waals surface area contributed by atoms with Crippen LogP contribution < -0.4 is 0 Å². The van der Waals surface area contributed by atoms with Crippen LogP contribution in [0.25, 0.3) is 0 Å². The van der Waals surface area contributed by atoms with Crippen molar-refractivity contribution in [2.45, 2.75) is 64.6 Å². The fourth-order valence-electron chi connectivity index (χ4n) is 2.35. The summed E-state index contributed by atoms with van der Waals surface area (Å²) in [6, 6.07) is 3.98. The number of rotatable bonds is 10. The standard InChI is InChI=1S/C12H27ClOSi/c1-4-10-15(11-5-2,14-6-3)12-8-7-9-13/h4-12H2,1-3H3. The fraction of sp³-hybridized carbons (Fsp3) is 1.00. The van der Waals surface area contributed by atoms with Crippen LogP contribution in [0.15, 0.2) is 0 Å². The highest BCUT2D eigenvalue weighted by Gasteiger charge is 2.31. The van der Waals surface area contributed by atoms with E-state index in [1.807, 2.05) is 0 Å². The first kappa shape index (κ1) is 15.5. The Kier molecular flexibility index (Phi) is 9.98. The first-order chi connectivity index (χ1) is 7.24. The van der Waals surface area contributed by atoms with E-state index in [0.717, 1.165) is 18.9 Å². The van der Waals surface area contributed by atoms with Crippen LogP contribution in [0.3, 0.4) is 0 Å². The number of hydrogen-bond donors (Lipinski definition) is 0. The van der Waals surface area contributed by atoms with E-state index in [4.69, 9.17) is 16.0 Å². The molecular formula is C12H27ClOSi. The molecule has 0 aliphatic heterocycles. The minimum Gasteiger partial charge on any atom is -0.417 e. The summed E-state index contributed by atoms with van der Waals surface area (Å²) in [6.45, 7) is 7.58. The zero-order chi connectivity index (χ0) is 11.6. The minimum absolute atomic E-state index is 0.800. The van der Waals surface area contributed by atoms with Gasteiger partial charge in [-0.2, -0.15) is 0 Å². The van der Waals surface area contributed by atoms with Crippen LogP contribution in [-0.2, 0) is 4.43 Å². The zero-order valence-corrected chi connectivity index (χ0v) is 12.4. The van der Waals surface area contributed by atoms with Crippen molar-refractivity contribution in [3.63, 3.8) is 0 Å². The lowest BCUT2D eigenvalue weighted by Gasteiger charge is -2.30. The second-order valence-electron chi connectivity index (χ2n) is 4.26. The topological polar surface area (TPSA) is 9.23 Å². The van der Waals surface area contributed by atoms with E-state index >= 15 is 0 Å². The van der Waals surface area contributed by atoms with Gasteiger partial charge in [0.1, 0.15) is 0 Å². The highest BCUT2D eigenvalue weighted by Crippen LogP contribution is 2.28. The van der Waals surface area contributed by atoms with Crippen molar-refractivity contribution in [3.8, 4) is 0 Å². The van der Waals surface area contributed by atoms with Gasteiger partial charge in [0, 0.05) is 12.5 Å². The van der Waals surface area contributed by atoms with Crippen LogP contribution in [0.1, 0.15) is 46.5 Å². The van der Waals surface area contributed by atoms with Crippen molar-refractivity contribution in [3.05, 3.63) is 0 Å². The molecule has 0 radical (unpaired) electrons. The molecule has 0 aliphatic rings. The summed E-state index contributed by atoms with van der Waals surface area (Å²) in [5.74, 6) is 0.800. The molecule has 0 aliphatic carbocycles. The third-order valence-corrected chi connectivity index (χ3v) is 8.13. The summed E-state index contributed by atoms with van der Waals surface area (Å²) in [5.41, 5.74) is 0. The Balaban J connectivity index is 4.18. The molecule has 0 saturated heterocycles. The number of alkyl halides is 1. The molecule has 0 atom stereocenters. The zero-order valence-electron chi connectivity index (χ0n) is 10.7. The van der Waals surface area contributed by atoms with Crippen LogP contribution in [0.4, 0.5) is 0 Å². The number of hydrogen-bond acceptors (Lipinski definition) is 1. The van der Waals surface area contributed by atoms with E-state index in [9.17, 15) is 0 Å². The second kappa shape index (κ2) is 9.68. The van der Waals surface area contributed by atoms with Crippen LogP contribution in [-0.4, -0.2) is 20.8 Å². The molecule has 1 nitrogen and oxygen atoms in total. The molecule has 0 bridgehead atoms. The fourth-order valence-corrected chi connectivity index (χ4v) is 7.05. The maximum Gasteiger partial charge on any atom is 0.192 e. The summed E-state index contributed by atoms with van der Waals surface area (Å²) in [4.78, 5) is 0. The molecule has 0 saturated carbocycles. The Labute approximate surface area is 102 Å². The second-order valence-corrected chi connectivity index (χ2v) is 8.79. The average molecular weight is 251 g/mol. The summed E-state index contributed by atoms with van der Waals surface area (Å²) in [5, 5.41) is 0. The maximum atomic E-state index is 6.15. The van der Waals surface area contributed by atoms with E-state index < -0.39 is 8.32 Å². The normalized spacial score (nSPS) is 12.0. The maximum absolute atomic E-state index is 6.15. The van der Waals surface area contributed by atoms with Gasteiger partial charge in [0.2, 0.25) is 0 Å². The van der Waals surface area contributed by atoms with Crippen molar-refractivity contribution < 1.29 is 4.43 Å². The van der Waals surface area contributed by atoms with Gasteiger partial charge in [-0.15, -0.1) is 11.6 Å². The Morgan fingerprint density at radius 1 is 0.933 bits per heavy atom. The molecule has 0 unspecified atom stereocenters. The predicted molar refractivity (Wildman–Crippen MR) is 72.3 cm³/mol. The van der Waals surface area contributed by atoms with Gasteiger partial charge in [-0.25, -0.2) is 0 Å². The first-order valence-electron chi connectivity index (χ1n) is 6.44. The predicted octanol–water partition coefficient (Wildman–Crippen LogP) is 4.81. The summed E-state index contributed by atoms with van der Waals surface area (Å²) < 4.78 is 6.15. The van der Waals surface area contributed by atoms with Gasteiger partial charge in [-0.05, 0) is 31.5 Å². The van der Waals surface area contributed by atoms with Gasteiger partial charge < -0.3 is 4.43 Å². The smallest absolute Gasteiger partial charge is 0.192 e. The molecule has 3 heteroatoms. The Bertz CT molecular complexity index is 125. The molecule has 92 valence electrons.